The molecule has 9 atom stereocenters. The fourth-order valence-electron chi connectivity index (χ4n) is 14.0. The highest BCUT2D eigenvalue weighted by atomic mass is 32.2. The smallest absolute Gasteiger partial charge is 0.338 e. The Morgan fingerprint density at radius 1 is 0.980 bits per heavy atom. The molecule has 2 N–H and O–H groups in total. The van der Waals surface area contributed by atoms with Crippen LogP contribution in [0.3, 0.4) is 0 Å². The van der Waals surface area contributed by atoms with Crippen molar-refractivity contribution in [3.8, 4) is 0 Å². The Hall–Kier alpha value is -2.03. The predicted octanol–water partition coefficient (Wildman–Crippen LogP) is 8.64. The van der Waals surface area contributed by atoms with E-state index in [4.69, 9.17) is 0 Å². The number of fused-ring (bicyclic) bond motifs is 7. The number of aromatic carboxylic acids is 1. The lowest BCUT2D eigenvalue weighted by Gasteiger charge is -2.72. The predicted molar refractivity (Wildman–Crippen MR) is 204 cm³/mol. The van der Waals surface area contributed by atoms with Gasteiger partial charge in [0, 0.05) is 18.6 Å². The summed E-state index contributed by atoms with van der Waals surface area (Å²) in [6.07, 6.45) is 14.2. The number of rotatable bonds is 8. The molecule has 282 valence electrons. The minimum Gasteiger partial charge on any atom is -0.478 e. The molecule has 0 unspecified atom stereocenters. The third kappa shape index (κ3) is 5.82. The van der Waals surface area contributed by atoms with E-state index in [0.29, 0.717) is 54.2 Å². The van der Waals surface area contributed by atoms with Crippen LogP contribution in [0.5, 0.6) is 0 Å². The van der Waals surface area contributed by atoms with E-state index in [1.165, 1.54) is 68.2 Å². The summed E-state index contributed by atoms with van der Waals surface area (Å²) in [7, 11) is -2.85. The minimum absolute atomic E-state index is 0.136. The molecule has 1 aliphatic heterocycles. The molecule has 0 bridgehead atoms. The molecule has 0 spiro atoms. The summed E-state index contributed by atoms with van der Waals surface area (Å²) in [5.41, 5.74) is 3.66. The number of carbonyl (C=O) groups is 1. The van der Waals surface area contributed by atoms with Gasteiger partial charge in [-0.2, -0.15) is 0 Å². The van der Waals surface area contributed by atoms with Crippen molar-refractivity contribution in [2.45, 2.75) is 111 Å². The van der Waals surface area contributed by atoms with Crippen LogP contribution in [0.2, 0.25) is 0 Å². The highest BCUT2D eigenvalue weighted by Crippen LogP contribution is 2.76. The van der Waals surface area contributed by atoms with Crippen LogP contribution in [0.25, 0.3) is 5.57 Å². The topological polar surface area (TPSA) is 86.7 Å². The maximum absolute atomic E-state index is 14.9. The standard InChI is InChI=1S/C43H63FN2O4S/c1-28(2)30-13-18-43(45-21-8-22-46-23-25-51(49,50)26-24-46)20-19-41(6)33(37(30)43)11-12-36-40(5)16-14-32(29-9-10-31(38(47)48)34(44)27-29)39(3,4)35(40)15-17-42(36,41)7/h9-10,14,27,30,33,35-37,45H,1,8,11-13,15-26H2,2-7H3,(H,47,48)/t30-,33+,35-,36+,37+,40-,41+,42+,43-/m0/s1. The van der Waals surface area contributed by atoms with Crippen molar-refractivity contribution in [1.29, 1.82) is 0 Å². The number of halogens is 1. The van der Waals surface area contributed by atoms with Crippen LogP contribution < -0.4 is 5.32 Å². The lowest BCUT2D eigenvalue weighted by molar-refractivity contribution is -0.219. The SMILES string of the molecule is C=C(C)[C@@H]1CC[C@]2(NCCCN3CCS(=O)(=O)CC3)CC[C@]3(C)[C@H](CC[C@@H]4[C@@]5(C)CC=C(c6ccc(C(=O)O)c(F)c6)C(C)(C)[C@@H]5CC[C@]43C)[C@@H]12. The molecular formula is C43H63FN2O4S. The summed E-state index contributed by atoms with van der Waals surface area (Å²) in [5.74, 6) is 1.56. The monoisotopic (exact) mass is 722 g/mol. The summed E-state index contributed by atoms with van der Waals surface area (Å²) in [4.78, 5) is 13.9. The van der Waals surface area contributed by atoms with Crippen LogP contribution in [0.15, 0.2) is 36.4 Å². The zero-order valence-electron chi connectivity index (χ0n) is 32.1. The Kier molecular flexibility index (Phi) is 9.35. The average Bonchev–Trinajstić information content (AvgIpc) is 3.44. The first-order valence-electron chi connectivity index (χ1n) is 20.0. The van der Waals surface area contributed by atoms with E-state index < -0.39 is 21.6 Å². The number of carboxylic acids is 1. The van der Waals surface area contributed by atoms with Gasteiger partial charge >= 0.3 is 5.97 Å². The molecule has 0 aromatic heterocycles. The molecule has 1 aromatic rings. The summed E-state index contributed by atoms with van der Waals surface area (Å²) >= 11 is 0. The van der Waals surface area contributed by atoms with E-state index in [2.05, 4.69) is 64.4 Å². The molecule has 6 nitrogen and oxygen atoms in total. The van der Waals surface area contributed by atoms with Gasteiger partial charge in [-0.15, -0.1) is 0 Å². The highest BCUT2D eigenvalue weighted by Gasteiger charge is 2.70. The van der Waals surface area contributed by atoms with Gasteiger partial charge in [-0.3, -0.25) is 0 Å². The Morgan fingerprint density at radius 3 is 2.37 bits per heavy atom. The quantitative estimate of drug-likeness (QED) is 0.207. The van der Waals surface area contributed by atoms with E-state index in [9.17, 15) is 22.7 Å². The molecule has 1 aromatic carbocycles. The number of hydrogen-bond acceptors (Lipinski definition) is 5. The van der Waals surface area contributed by atoms with Gasteiger partial charge in [-0.05, 0) is 159 Å². The van der Waals surface area contributed by atoms with Crippen LogP contribution in [-0.4, -0.2) is 67.6 Å². The molecule has 0 radical (unpaired) electrons. The zero-order chi connectivity index (χ0) is 36.8. The van der Waals surface area contributed by atoms with Gasteiger partial charge < -0.3 is 15.3 Å². The molecule has 51 heavy (non-hydrogen) atoms. The molecule has 1 heterocycles. The van der Waals surface area contributed by atoms with Gasteiger partial charge in [0.15, 0.2) is 9.84 Å². The fraction of sp³-hybridized carbons (Fsp3) is 0.744. The van der Waals surface area contributed by atoms with E-state index >= 15 is 0 Å². The second-order valence-corrected chi connectivity index (χ2v) is 21.5. The number of hydrogen-bond donors (Lipinski definition) is 2. The van der Waals surface area contributed by atoms with Crippen molar-refractivity contribution in [2.24, 2.45) is 51.2 Å². The number of carboxylic acid groups (broad SMARTS) is 1. The maximum Gasteiger partial charge on any atom is 0.338 e. The van der Waals surface area contributed by atoms with Crippen LogP contribution in [0, 0.1) is 57.1 Å². The van der Waals surface area contributed by atoms with E-state index in [-0.39, 0.29) is 32.8 Å². The van der Waals surface area contributed by atoms with Crippen LogP contribution in [0.1, 0.15) is 122 Å². The largest absolute Gasteiger partial charge is 0.478 e. The number of nitrogens with one attached hydrogen (secondary N) is 1. The summed E-state index contributed by atoms with van der Waals surface area (Å²) < 4.78 is 38.8. The Morgan fingerprint density at radius 2 is 1.71 bits per heavy atom. The summed E-state index contributed by atoms with van der Waals surface area (Å²) in [6, 6.07) is 4.69. The molecule has 5 aliphatic carbocycles. The minimum atomic E-state index is -2.85. The maximum atomic E-state index is 14.9. The van der Waals surface area contributed by atoms with Crippen molar-refractivity contribution < 1.29 is 22.7 Å². The normalized spacial score (nSPS) is 41.4. The third-order valence-corrected chi connectivity index (χ3v) is 18.3. The molecule has 0 amide bonds. The Bertz CT molecular complexity index is 1710. The highest BCUT2D eigenvalue weighted by molar-refractivity contribution is 7.91. The lowest BCUT2D eigenvalue weighted by atomic mass is 9.33. The summed E-state index contributed by atoms with van der Waals surface area (Å²) in [5, 5.41) is 13.6. The van der Waals surface area contributed by atoms with Gasteiger partial charge in [0.2, 0.25) is 0 Å². The van der Waals surface area contributed by atoms with Gasteiger partial charge in [0.25, 0.3) is 0 Å². The third-order valence-electron chi connectivity index (χ3n) is 16.7. The number of benzene rings is 1. The average molecular weight is 723 g/mol. The molecule has 1 saturated heterocycles. The molecule has 7 rings (SSSR count). The Balaban J connectivity index is 1.13. The van der Waals surface area contributed by atoms with Crippen molar-refractivity contribution in [3.05, 3.63) is 53.4 Å². The van der Waals surface area contributed by atoms with Crippen molar-refractivity contribution >= 4 is 21.4 Å². The van der Waals surface area contributed by atoms with Crippen molar-refractivity contribution in [2.75, 3.05) is 37.7 Å². The lowest BCUT2D eigenvalue weighted by Crippen LogP contribution is -2.68. The first-order valence-corrected chi connectivity index (χ1v) is 21.8. The molecule has 4 saturated carbocycles. The van der Waals surface area contributed by atoms with E-state index in [1.54, 1.807) is 0 Å². The number of sulfone groups is 1. The fourth-order valence-corrected chi connectivity index (χ4v) is 15.3. The first kappa shape index (κ1) is 37.3. The van der Waals surface area contributed by atoms with Gasteiger partial charge in [-0.1, -0.05) is 58.9 Å². The van der Waals surface area contributed by atoms with Crippen LogP contribution in [0.4, 0.5) is 4.39 Å². The van der Waals surface area contributed by atoms with E-state index in [0.717, 1.165) is 37.9 Å². The Labute approximate surface area is 307 Å². The molecule has 8 heteroatoms. The molecule has 6 aliphatic rings. The van der Waals surface area contributed by atoms with Crippen LogP contribution in [-0.2, 0) is 9.84 Å². The molecular weight excluding hydrogens is 660 g/mol. The van der Waals surface area contributed by atoms with E-state index in [1.807, 2.05) is 6.07 Å². The van der Waals surface area contributed by atoms with Gasteiger partial charge in [-0.25, -0.2) is 17.6 Å². The second kappa shape index (κ2) is 12.8. The first-order chi connectivity index (χ1) is 23.9. The molecule has 5 fully saturated rings. The van der Waals surface area contributed by atoms with Gasteiger partial charge in [0.1, 0.15) is 5.82 Å². The van der Waals surface area contributed by atoms with Crippen molar-refractivity contribution in [1.82, 2.24) is 10.2 Å². The number of nitrogens with zero attached hydrogens (tertiary/aromatic N) is 1. The van der Waals surface area contributed by atoms with Crippen molar-refractivity contribution in [3.63, 3.8) is 0 Å². The number of allylic oxidation sites excluding steroid dienone is 3. The van der Waals surface area contributed by atoms with Crippen LogP contribution >= 0.6 is 0 Å². The second-order valence-electron chi connectivity index (χ2n) is 19.2. The zero-order valence-corrected chi connectivity index (χ0v) is 32.9. The summed E-state index contributed by atoms with van der Waals surface area (Å²) in [6.45, 7) is 22.7. The van der Waals surface area contributed by atoms with Gasteiger partial charge in [0.05, 0.1) is 17.1 Å².